The van der Waals surface area contributed by atoms with Crippen LogP contribution in [0.5, 0.6) is 5.75 Å². The van der Waals surface area contributed by atoms with Crippen molar-refractivity contribution in [2.75, 3.05) is 19.0 Å². The summed E-state index contributed by atoms with van der Waals surface area (Å²) in [6.45, 7) is 0.996. The van der Waals surface area contributed by atoms with E-state index in [-0.39, 0.29) is 6.42 Å². The highest BCUT2D eigenvalue weighted by molar-refractivity contribution is 5.67. The van der Waals surface area contributed by atoms with Gasteiger partial charge in [-0.2, -0.15) is 0 Å². The molecule has 0 aliphatic carbocycles. The number of hydrogen-bond donors (Lipinski definition) is 2. The average molecular weight is 412 g/mol. The van der Waals surface area contributed by atoms with Gasteiger partial charge in [0, 0.05) is 18.7 Å². The van der Waals surface area contributed by atoms with Crippen molar-refractivity contribution in [2.45, 2.75) is 70.6 Å². The SMILES string of the molecule is COc1ccc(CCCCCCCCCCNc2ccc(CCC(=O)O)cc2)cc1. The van der Waals surface area contributed by atoms with E-state index in [1.807, 2.05) is 36.4 Å². The lowest BCUT2D eigenvalue weighted by Gasteiger charge is -2.07. The van der Waals surface area contributed by atoms with Gasteiger partial charge in [-0.25, -0.2) is 0 Å². The predicted octanol–water partition coefficient (Wildman–Crippen LogP) is 6.49. The van der Waals surface area contributed by atoms with E-state index in [0.717, 1.165) is 30.0 Å². The number of nitrogens with one attached hydrogen (secondary N) is 1. The van der Waals surface area contributed by atoms with Gasteiger partial charge in [0.25, 0.3) is 0 Å². The summed E-state index contributed by atoms with van der Waals surface area (Å²) in [6.07, 6.45) is 12.3. The maximum Gasteiger partial charge on any atom is 0.303 e. The van der Waals surface area contributed by atoms with Gasteiger partial charge in [0.05, 0.1) is 7.11 Å². The van der Waals surface area contributed by atoms with Crippen LogP contribution in [0.4, 0.5) is 5.69 Å². The lowest BCUT2D eigenvalue weighted by Crippen LogP contribution is -2.02. The fourth-order valence-corrected chi connectivity index (χ4v) is 3.58. The average Bonchev–Trinajstić information content (AvgIpc) is 2.77. The molecule has 0 radical (unpaired) electrons. The van der Waals surface area contributed by atoms with Gasteiger partial charge in [0.15, 0.2) is 0 Å². The first-order chi connectivity index (χ1) is 14.7. The number of carbonyl (C=O) groups is 1. The molecule has 164 valence electrons. The highest BCUT2D eigenvalue weighted by Gasteiger charge is 2.00. The molecule has 2 rings (SSSR count). The molecule has 2 aromatic carbocycles. The number of hydrogen-bond acceptors (Lipinski definition) is 3. The van der Waals surface area contributed by atoms with Gasteiger partial charge in [0.2, 0.25) is 0 Å². The molecule has 0 saturated carbocycles. The van der Waals surface area contributed by atoms with Crippen molar-refractivity contribution < 1.29 is 14.6 Å². The lowest BCUT2D eigenvalue weighted by atomic mass is 10.0. The Kier molecular flexibility index (Phi) is 11.5. The van der Waals surface area contributed by atoms with Crippen molar-refractivity contribution in [1.82, 2.24) is 0 Å². The molecule has 2 aromatic rings. The fraction of sp³-hybridized carbons (Fsp3) is 0.500. The highest BCUT2D eigenvalue weighted by Crippen LogP contribution is 2.15. The van der Waals surface area contributed by atoms with Crippen LogP contribution in [0.2, 0.25) is 0 Å². The number of ether oxygens (including phenoxy) is 1. The van der Waals surface area contributed by atoms with Crippen molar-refractivity contribution >= 4 is 11.7 Å². The van der Waals surface area contributed by atoms with Crippen LogP contribution in [-0.4, -0.2) is 24.7 Å². The van der Waals surface area contributed by atoms with Crippen LogP contribution in [0.3, 0.4) is 0 Å². The molecule has 0 atom stereocenters. The second-order valence-corrected chi connectivity index (χ2v) is 7.94. The summed E-state index contributed by atoms with van der Waals surface area (Å²) in [5.74, 6) is 0.186. The van der Waals surface area contributed by atoms with Gasteiger partial charge >= 0.3 is 5.97 Å². The summed E-state index contributed by atoms with van der Waals surface area (Å²) in [7, 11) is 1.71. The second kappa shape index (κ2) is 14.5. The first-order valence-electron chi connectivity index (χ1n) is 11.3. The molecule has 0 amide bonds. The number of unbranched alkanes of at least 4 members (excludes halogenated alkanes) is 7. The quantitative estimate of drug-likeness (QED) is 0.310. The third-order valence-electron chi connectivity index (χ3n) is 5.46. The summed E-state index contributed by atoms with van der Waals surface area (Å²) in [5, 5.41) is 12.2. The molecule has 0 bridgehead atoms. The number of rotatable bonds is 16. The van der Waals surface area contributed by atoms with E-state index in [4.69, 9.17) is 9.84 Å². The van der Waals surface area contributed by atoms with Crippen LogP contribution < -0.4 is 10.1 Å². The minimum atomic E-state index is -0.745. The Bertz CT molecular complexity index is 710. The first kappa shape index (κ1) is 23.8. The molecule has 4 heteroatoms. The normalized spacial score (nSPS) is 10.7. The Labute approximate surface area is 181 Å². The van der Waals surface area contributed by atoms with Crippen LogP contribution in [0.1, 0.15) is 68.9 Å². The van der Waals surface area contributed by atoms with Crippen LogP contribution in [-0.2, 0) is 17.6 Å². The van der Waals surface area contributed by atoms with Gasteiger partial charge < -0.3 is 15.2 Å². The van der Waals surface area contributed by atoms with E-state index in [1.54, 1.807) is 7.11 Å². The monoisotopic (exact) mass is 411 g/mol. The van der Waals surface area contributed by atoms with Crippen molar-refractivity contribution in [3.8, 4) is 5.75 Å². The largest absolute Gasteiger partial charge is 0.497 e. The molecule has 0 heterocycles. The van der Waals surface area contributed by atoms with Gasteiger partial charge in [0.1, 0.15) is 5.75 Å². The minimum absolute atomic E-state index is 0.190. The number of carboxylic acid groups (broad SMARTS) is 1. The topological polar surface area (TPSA) is 58.6 Å². The van der Waals surface area contributed by atoms with Gasteiger partial charge in [-0.05, 0) is 61.1 Å². The van der Waals surface area contributed by atoms with E-state index >= 15 is 0 Å². The van der Waals surface area contributed by atoms with Gasteiger partial charge in [-0.15, -0.1) is 0 Å². The van der Waals surface area contributed by atoms with E-state index in [2.05, 4.69) is 17.4 Å². The number of carboxylic acids is 1. The molecule has 0 aliphatic rings. The third-order valence-corrected chi connectivity index (χ3v) is 5.46. The van der Waals surface area contributed by atoms with Gasteiger partial charge in [-0.3, -0.25) is 4.79 Å². The van der Waals surface area contributed by atoms with Crippen molar-refractivity contribution in [1.29, 1.82) is 0 Å². The number of methoxy groups -OCH3 is 1. The fourth-order valence-electron chi connectivity index (χ4n) is 3.58. The van der Waals surface area contributed by atoms with E-state index in [1.165, 1.54) is 56.9 Å². The molecule has 0 unspecified atom stereocenters. The Balaban J connectivity index is 1.40. The summed E-state index contributed by atoms with van der Waals surface area (Å²) in [6, 6.07) is 16.5. The summed E-state index contributed by atoms with van der Waals surface area (Å²) < 4.78 is 5.20. The van der Waals surface area contributed by atoms with E-state index in [9.17, 15) is 4.79 Å². The Morgan fingerprint density at radius 1 is 0.767 bits per heavy atom. The molecule has 0 spiro atoms. The highest BCUT2D eigenvalue weighted by atomic mass is 16.5. The lowest BCUT2D eigenvalue weighted by molar-refractivity contribution is -0.136. The molecule has 30 heavy (non-hydrogen) atoms. The Morgan fingerprint density at radius 2 is 1.30 bits per heavy atom. The molecule has 0 aliphatic heterocycles. The molecule has 4 nitrogen and oxygen atoms in total. The standard InChI is InChI=1S/C26H37NO3/c1-30-25-18-13-22(14-19-25)10-8-6-4-2-3-5-7-9-21-27-24-16-11-23(12-17-24)15-20-26(28)29/h11-14,16-19,27H,2-10,15,20-21H2,1H3,(H,28,29). The second-order valence-electron chi connectivity index (χ2n) is 7.94. The zero-order valence-electron chi connectivity index (χ0n) is 18.4. The first-order valence-corrected chi connectivity index (χ1v) is 11.3. The molecule has 0 fully saturated rings. The maximum absolute atomic E-state index is 10.6. The molecular weight excluding hydrogens is 374 g/mol. The number of aryl methyl sites for hydroxylation is 2. The Morgan fingerprint density at radius 3 is 1.90 bits per heavy atom. The zero-order valence-corrected chi connectivity index (χ0v) is 18.4. The third kappa shape index (κ3) is 10.3. The molecule has 0 saturated heterocycles. The van der Waals surface area contributed by atoms with Gasteiger partial charge in [-0.1, -0.05) is 62.8 Å². The molecular formula is C26H37NO3. The van der Waals surface area contributed by atoms with Crippen LogP contribution in [0.15, 0.2) is 48.5 Å². The van der Waals surface area contributed by atoms with Crippen LogP contribution >= 0.6 is 0 Å². The maximum atomic E-state index is 10.6. The zero-order chi connectivity index (χ0) is 21.4. The van der Waals surface area contributed by atoms with Crippen molar-refractivity contribution in [2.24, 2.45) is 0 Å². The smallest absolute Gasteiger partial charge is 0.303 e. The molecule has 0 aromatic heterocycles. The number of aliphatic carboxylic acids is 1. The summed E-state index contributed by atoms with van der Waals surface area (Å²) in [4.78, 5) is 10.6. The minimum Gasteiger partial charge on any atom is -0.497 e. The summed E-state index contributed by atoms with van der Waals surface area (Å²) in [5.41, 5.74) is 3.59. The summed E-state index contributed by atoms with van der Waals surface area (Å²) >= 11 is 0. The Hall–Kier alpha value is -2.49. The van der Waals surface area contributed by atoms with Crippen LogP contribution in [0.25, 0.3) is 0 Å². The van der Waals surface area contributed by atoms with E-state index in [0.29, 0.717) is 6.42 Å². The van der Waals surface area contributed by atoms with E-state index < -0.39 is 5.97 Å². The number of benzene rings is 2. The van der Waals surface area contributed by atoms with Crippen molar-refractivity contribution in [3.63, 3.8) is 0 Å². The van der Waals surface area contributed by atoms with Crippen LogP contribution in [0, 0.1) is 0 Å². The molecule has 2 N–H and O–H groups in total. The van der Waals surface area contributed by atoms with Crippen molar-refractivity contribution in [3.05, 3.63) is 59.7 Å². The number of anilines is 1. The predicted molar refractivity (Wildman–Crippen MR) is 125 cm³/mol.